The molecule has 4 aromatic rings. The molecule has 1 fully saturated rings. The topological polar surface area (TPSA) is 94.3 Å². The van der Waals surface area contributed by atoms with E-state index in [-0.39, 0.29) is 12.2 Å². The first-order chi connectivity index (χ1) is 17.1. The van der Waals surface area contributed by atoms with Crippen LogP contribution >= 0.6 is 11.8 Å². The standard InChI is InChI=1S/C24H26N8O2S/c1-15-9-30(10-16(2)34-15)21-20-22(28-12-27-21)31(13-29-20)11-17-4-5-19-18(8-17)32(14-33-3)23-24(35-19)26-7-6-25-23/h4-8,12-13,15-16H,9-11,14H2,1-3H3. The first kappa shape index (κ1) is 22.2. The van der Waals surface area contributed by atoms with Gasteiger partial charge in [-0.2, -0.15) is 0 Å². The van der Waals surface area contributed by atoms with Crippen molar-refractivity contribution in [2.45, 2.75) is 42.5 Å². The van der Waals surface area contributed by atoms with Crippen LogP contribution in [0.3, 0.4) is 0 Å². The number of morpholine rings is 1. The lowest BCUT2D eigenvalue weighted by molar-refractivity contribution is -0.00538. The lowest BCUT2D eigenvalue weighted by Gasteiger charge is -2.35. The van der Waals surface area contributed by atoms with E-state index < -0.39 is 0 Å². The Kier molecular flexibility index (Phi) is 5.75. The Morgan fingerprint density at radius 2 is 1.86 bits per heavy atom. The zero-order valence-corrected chi connectivity index (χ0v) is 20.6. The van der Waals surface area contributed by atoms with E-state index >= 15 is 0 Å². The smallest absolute Gasteiger partial charge is 0.168 e. The van der Waals surface area contributed by atoms with Crippen LogP contribution in [-0.2, 0) is 16.0 Å². The molecule has 5 heterocycles. The highest BCUT2D eigenvalue weighted by atomic mass is 32.2. The molecule has 2 aliphatic heterocycles. The summed E-state index contributed by atoms with van der Waals surface area (Å²) in [6.45, 7) is 6.77. The second-order valence-electron chi connectivity index (χ2n) is 8.84. The highest BCUT2D eigenvalue weighted by Crippen LogP contribution is 2.46. The third-order valence-electron chi connectivity index (χ3n) is 6.14. The van der Waals surface area contributed by atoms with Crippen LogP contribution in [0.1, 0.15) is 19.4 Å². The van der Waals surface area contributed by atoms with Gasteiger partial charge in [0.25, 0.3) is 0 Å². The van der Waals surface area contributed by atoms with Gasteiger partial charge in [0.2, 0.25) is 0 Å². The maximum absolute atomic E-state index is 5.89. The fraction of sp³-hybridized carbons (Fsp3) is 0.375. The maximum atomic E-state index is 5.89. The van der Waals surface area contributed by atoms with E-state index in [2.05, 4.69) is 66.3 Å². The Hall–Kier alpha value is -3.28. The molecule has 1 saturated heterocycles. The van der Waals surface area contributed by atoms with Gasteiger partial charge >= 0.3 is 0 Å². The van der Waals surface area contributed by atoms with Crippen molar-refractivity contribution in [3.63, 3.8) is 0 Å². The van der Waals surface area contributed by atoms with Gasteiger partial charge < -0.3 is 18.9 Å². The number of hydrogen-bond donors (Lipinski definition) is 0. The molecule has 11 heteroatoms. The number of aromatic nitrogens is 6. The van der Waals surface area contributed by atoms with Gasteiger partial charge in [-0.25, -0.2) is 24.9 Å². The number of anilines is 3. The number of imidazole rings is 1. The predicted molar refractivity (Wildman–Crippen MR) is 133 cm³/mol. The quantitative estimate of drug-likeness (QED) is 0.414. The molecule has 2 unspecified atom stereocenters. The van der Waals surface area contributed by atoms with Gasteiger partial charge in [0.1, 0.15) is 18.1 Å². The summed E-state index contributed by atoms with van der Waals surface area (Å²) >= 11 is 1.62. The fourth-order valence-corrected chi connectivity index (χ4v) is 5.76. The number of rotatable bonds is 5. The first-order valence-corrected chi connectivity index (χ1v) is 12.4. The van der Waals surface area contributed by atoms with Crippen LogP contribution in [0.4, 0.5) is 17.3 Å². The molecule has 0 saturated carbocycles. The van der Waals surface area contributed by atoms with Gasteiger partial charge in [-0.1, -0.05) is 17.8 Å². The second kappa shape index (κ2) is 9.06. The molecule has 10 nitrogen and oxygen atoms in total. The van der Waals surface area contributed by atoms with Crippen molar-refractivity contribution in [1.29, 1.82) is 0 Å². The van der Waals surface area contributed by atoms with Crippen molar-refractivity contribution in [1.82, 2.24) is 29.5 Å². The number of nitrogens with zero attached hydrogens (tertiary/aromatic N) is 8. The average Bonchev–Trinajstić information content (AvgIpc) is 3.26. The third-order valence-corrected chi connectivity index (χ3v) is 7.18. The average molecular weight is 491 g/mol. The number of methoxy groups -OCH3 is 1. The Labute approximate surface area is 207 Å². The van der Waals surface area contributed by atoms with Crippen molar-refractivity contribution in [3.05, 3.63) is 48.8 Å². The monoisotopic (exact) mass is 490 g/mol. The van der Waals surface area contributed by atoms with Gasteiger partial charge in [-0.3, -0.25) is 4.90 Å². The minimum Gasteiger partial charge on any atom is -0.372 e. The summed E-state index contributed by atoms with van der Waals surface area (Å²) in [7, 11) is 1.69. The van der Waals surface area contributed by atoms with Crippen LogP contribution in [0.15, 0.2) is 53.2 Å². The van der Waals surface area contributed by atoms with E-state index in [0.717, 1.165) is 57.1 Å². The van der Waals surface area contributed by atoms with E-state index in [1.54, 1.807) is 37.6 Å². The molecular weight excluding hydrogens is 464 g/mol. The molecule has 35 heavy (non-hydrogen) atoms. The van der Waals surface area contributed by atoms with E-state index in [1.165, 1.54) is 0 Å². The highest BCUT2D eigenvalue weighted by molar-refractivity contribution is 7.99. The number of ether oxygens (including phenoxy) is 2. The van der Waals surface area contributed by atoms with Crippen molar-refractivity contribution < 1.29 is 9.47 Å². The summed E-state index contributed by atoms with van der Waals surface area (Å²) in [6.07, 6.45) is 7.18. The molecule has 0 aliphatic carbocycles. The molecule has 3 aromatic heterocycles. The van der Waals surface area contributed by atoms with Crippen LogP contribution in [0, 0.1) is 0 Å². The minimum absolute atomic E-state index is 0.143. The van der Waals surface area contributed by atoms with E-state index in [9.17, 15) is 0 Å². The SMILES string of the molecule is COCN1c2cc(Cn3cnc4c(N5CC(C)OC(C)C5)ncnc43)ccc2Sc2nccnc21. The number of hydrogen-bond acceptors (Lipinski definition) is 10. The number of benzene rings is 1. The molecule has 0 radical (unpaired) electrons. The van der Waals surface area contributed by atoms with Gasteiger partial charge in [0, 0.05) is 37.5 Å². The van der Waals surface area contributed by atoms with Crippen molar-refractivity contribution in [2.75, 3.05) is 36.7 Å². The summed E-state index contributed by atoms with van der Waals surface area (Å²) in [4.78, 5) is 28.3. The van der Waals surface area contributed by atoms with E-state index in [0.29, 0.717) is 13.3 Å². The fourth-order valence-electron chi connectivity index (χ4n) is 4.77. The van der Waals surface area contributed by atoms with Crippen molar-refractivity contribution in [2.24, 2.45) is 0 Å². The molecule has 0 spiro atoms. The maximum Gasteiger partial charge on any atom is 0.168 e. The van der Waals surface area contributed by atoms with Crippen LogP contribution in [0.5, 0.6) is 0 Å². The van der Waals surface area contributed by atoms with Crippen molar-refractivity contribution >= 4 is 40.2 Å². The summed E-state index contributed by atoms with van der Waals surface area (Å²) in [5.41, 5.74) is 3.82. The summed E-state index contributed by atoms with van der Waals surface area (Å²) in [5.74, 6) is 1.67. The van der Waals surface area contributed by atoms with Crippen LogP contribution in [0.25, 0.3) is 11.2 Å². The van der Waals surface area contributed by atoms with Gasteiger partial charge in [0.15, 0.2) is 22.8 Å². The van der Waals surface area contributed by atoms with Gasteiger partial charge in [-0.05, 0) is 31.5 Å². The molecule has 0 N–H and O–H groups in total. The molecule has 2 atom stereocenters. The normalized spacial score (nSPS) is 19.6. The van der Waals surface area contributed by atoms with Gasteiger partial charge in [-0.15, -0.1) is 0 Å². The minimum atomic E-state index is 0.143. The Bertz CT molecular complexity index is 1370. The largest absolute Gasteiger partial charge is 0.372 e. The molecular formula is C24H26N8O2S. The second-order valence-corrected chi connectivity index (χ2v) is 9.87. The van der Waals surface area contributed by atoms with Crippen LogP contribution in [-0.4, -0.2) is 68.6 Å². The molecule has 0 amide bonds. The molecule has 6 rings (SSSR count). The summed E-state index contributed by atoms with van der Waals surface area (Å²) in [6, 6.07) is 6.45. The predicted octanol–water partition coefficient (Wildman–Crippen LogP) is 3.48. The van der Waals surface area contributed by atoms with E-state index in [4.69, 9.17) is 14.5 Å². The summed E-state index contributed by atoms with van der Waals surface area (Å²) < 4.78 is 13.5. The zero-order valence-electron chi connectivity index (χ0n) is 19.8. The van der Waals surface area contributed by atoms with Crippen molar-refractivity contribution in [3.8, 4) is 0 Å². The Morgan fingerprint density at radius 1 is 1.03 bits per heavy atom. The lowest BCUT2D eigenvalue weighted by Crippen LogP contribution is -2.46. The molecule has 0 bridgehead atoms. The summed E-state index contributed by atoms with van der Waals surface area (Å²) in [5, 5.41) is 0.876. The Balaban J connectivity index is 1.32. The molecule has 2 aliphatic rings. The Morgan fingerprint density at radius 3 is 2.69 bits per heavy atom. The highest BCUT2D eigenvalue weighted by Gasteiger charge is 2.27. The number of fused-ring (bicyclic) bond motifs is 3. The van der Waals surface area contributed by atoms with Gasteiger partial charge in [0.05, 0.1) is 30.8 Å². The first-order valence-electron chi connectivity index (χ1n) is 11.5. The van der Waals surface area contributed by atoms with E-state index in [1.807, 2.05) is 6.33 Å². The molecule has 1 aromatic carbocycles. The third kappa shape index (κ3) is 4.09. The zero-order chi connectivity index (χ0) is 23.9. The molecule has 180 valence electrons. The van der Waals surface area contributed by atoms with Crippen LogP contribution in [0.2, 0.25) is 0 Å². The van der Waals surface area contributed by atoms with Crippen LogP contribution < -0.4 is 9.80 Å². The lowest BCUT2D eigenvalue weighted by atomic mass is 10.1.